The van der Waals surface area contributed by atoms with Gasteiger partial charge >= 0.3 is 0 Å². The minimum atomic E-state index is -4.19. The first-order valence-electron chi connectivity index (χ1n) is 10.6. The maximum Gasteiger partial charge on any atom is 0.244 e. The van der Waals surface area contributed by atoms with E-state index < -0.39 is 26.1 Å². The SMILES string of the molecule is COc1ccc(S(=O)(=O)c2cn(CC(=O)Nc3cccc(OC)c3)c3nc(C)ccc3c2=O)cc1. The van der Waals surface area contributed by atoms with Crippen molar-refractivity contribution >= 4 is 32.5 Å². The van der Waals surface area contributed by atoms with Gasteiger partial charge in [-0.25, -0.2) is 13.4 Å². The predicted molar refractivity (Wildman–Crippen MR) is 131 cm³/mol. The molecule has 0 spiro atoms. The molecule has 0 atom stereocenters. The fraction of sp³-hybridized carbons (Fsp3) is 0.160. The second-order valence-electron chi connectivity index (χ2n) is 7.73. The van der Waals surface area contributed by atoms with E-state index in [1.165, 1.54) is 55.3 Å². The number of anilines is 1. The molecule has 0 bridgehead atoms. The number of hydrogen-bond acceptors (Lipinski definition) is 7. The lowest BCUT2D eigenvalue weighted by Gasteiger charge is -2.14. The third-order valence-electron chi connectivity index (χ3n) is 5.35. The number of aromatic nitrogens is 2. The zero-order valence-corrected chi connectivity index (χ0v) is 20.1. The van der Waals surface area contributed by atoms with Crippen LogP contribution in [0, 0.1) is 6.92 Å². The van der Waals surface area contributed by atoms with Crippen LogP contribution in [-0.4, -0.2) is 38.1 Å². The lowest BCUT2D eigenvalue weighted by Crippen LogP contribution is -2.24. The Labute approximate surface area is 201 Å². The molecule has 0 aliphatic carbocycles. The number of aryl methyl sites for hydroxylation is 1. The highest BCUT2D eigenvalue weighted by molar-refractivity contribution is 7.91. The number of nitrogens with one attached hydrogen (secondary N) is 1. The van der Waals surface area contributed by atoms with Crippen LogP contribution in [0.4, 0.5) is 5.69 Å². The van der Waals surface area contributed by atoms with Gasteiger partial charge in [-0.05, 0) is 55.5 Å². The van der Waals surface area contributed by atoms with E-state index in [0.29, 0.717) is 22.9 Å². The lowest BCUT2D eigenvalue weighted by molar-refractivity contribution is -0.116. The van der Waals surface area contributed by atoms with E-state index in [9.17, 15) is 18.0 Å². The van der Waals surface area contributed by atoms with Crippen LogP contribution in [0.1, 0.15) is 5.69 Å². The fourth-order valence-corrected chi connectivity index (χ4v) is 4.95. The Kier molecular flexibility index (Phi) is 6.57. The molecule has 2 heterocycles. The molecule has 4 rings (SSSR count). The predicted octanol–water partition coefficient (Wildman–Crippen LogP) is 3.19. The second kappa shape index (κ2) is 9.59. The van der Waals surface area contributed by atoms with Crippen LogP contribution in [0.15, 0.2) is 81.4 Å². The summed E-state index contributed by atoms with van der Waals surface area (Å²) < 4.78 is 38.4. The van der Waals surface area contributed by atoms with Gasteiger partial charge in [0.05, 0.1) is 24.5 Å². The standard InChI is InChI=1S/C25H23N3O6S/c1-16-7-12-21-24(30)22(35(31,32)20-10-8-18(33-2)9-11-20)14-28(25(21)26-16)15-23(29)27-17-5-4-6-19(13-17)34-3/h4-14H,15H2,1-3H3,(H,27,29). The number of sulfone groups is 1. The van der Waals surface area contributed by atoms with Crippen molar-refractivity contribution < 1.29 is 22.7 Å². The molecule has 0 aliphatic rings. The van der Waals surface area contributed by atoms with E-state index in [1.807, 2.05) is 0 Å². The largest absolute Gasteiger partial charge is 0.497 e. The minimum Gasteiger partial charge on any atom is -0.497 e. The van der Waals surface area contributed by atoms with Gasteiger partial charge in [0, 0.05) is 23.6 Å². The Hall–Kier alpha value is -4.18. The molecular weight excluding hydrogens is 470 g/mol. The molecule has 2 aromatic carbocycles. The summed E-state index contributed by atoms with van der Waals surface area (Å²) >= 11 is 0. The molecule has 1 N–H and O–H groups in total. The van der Waals surface area contributed by atoms with E-state index in [0.717, 1.165) is 0 Å². The molecule has 0 unspecified atom stereocenters. The van der Waals surface area contributed by atoms with Crippen molar-refractivity contribution in [1.82, 2.24) is 9.55 Å². The maximum atomic E-state index is 13.4. The van der Waals surface area contributed by atoms with Crippen molar-refractivity contribution in [3.8, 4) is 11.5 Å². The molecule has 180 valence electrons. The molecule has 1 amide bonds. The number of pyridine rings is 2. The summed E-state index contributed by atoms with van der Waals surface area (Å²) in [7, 11) is -1.20. The number of methoxy groups -OCH3 is 2. The molecule has 0 saturated heterocycles. The number of hydrogen-bond donors (Lipinski definition) is 1. The Balaban J connectivity index is 1.79. The number of fused-ring (bicyclic) bond motifs is 1. The number of nitrogens with zero attached hydrogens (tertiary/aromatic N) is 2. The maximum absolute atomic E-state index is 13.4. The second-order valence-corrected chi connectivity index (χ2v) is 9.65. The van der Waals surface area contributed by atoms with E-state index in [1.54, 1.807) is 37.3 Å². The van der Waals surface area contributed by atoms with Crippen LogP contribution in [-0.2, 0) is 21.2 Å². The monoisotopic (exact) mass is 493 g/mol. The Morgan fingerprint density at radius 3 is 2.40 bits per heavy atom. The first-order valence-corrected chi connectivity index (χ1v) is 12.0. The summed E-state index contributed by atoms with van der Waals surface area (Å²) in [6.45, 7) is 1.47. The molecule has 0 radical (unpaired) electrons. The summed E-state index contributed by atoms with van der Waals surface area (Å²) in [5.41, 5.74) is 0.650. The van der Waals surface area contributed by atoms with Gasteiger partial charge in [0.25, 0.3) is 0 Å². The van der Waals surface area contributed by atoms with Gasteiger partial charge in [0.2, 0.25) is 21.2 Å². The molecule has 2 aromatic heterocycles. The highest BCUT2D eigenvalue weighted by Crippen LogP contribution is 2.23. The summed E-state index contributed by atoms with van der Waals surface area (Å²) in [6.07, 6.45) is 1.17. The highest BCUT2D eigenvalue weighted by atomic mass is 32.2. The van der Waals surface area contributed by atoms with Crippen LogP contribution >= 0.6 is 0 Å². The molecular formula is C25H23N3O6S. The third kappa shape index (κ3) is 4.87. The summed E-state index contributed by atoms with van der Waals surface area (Å²) in [5, 5.41) is 2.85. The van der Waals surface area contributed by atoms with Gasteiger partial charge in [-0.2, -0.15) is 0 Å². The highest BCUT2D eigenvalue weighted by Gasteiger charge is 2.25. The van der Waals surface area contributed by atoms with E-state index in [4.69, 9.17) is 9.47 Å². The number of rotatable bonds is 7. The molecule has 10 heteroatoms. The first kappa shape index (κ1) is 24.0. The lowest BCUT2D eigenvalue weighted by atomic mass is 10.2. The minimum absolute atomic E-state index is 0.0674. The topological polar surface area (TPSA) is 117 Å². The smallest absolute Gasteiger partial charge is 0.244 e. The number of benzene rings is 2. The third-order valence-corrected chi connectivity index (χ3v) is 7.12. The van der Waals surface area contributed by atoms with Crippen LogP contribution in [0.25, 0.3) is 11.0 Å². The summed E-state index contributed by atoms with van der Waals surface area (Å²) in [5.74, 6) is 0.620. The van der Waals surface area contributed by atoms with Crippen molar-refractivity contribution in [2.24, 2.45) is 0 Å². The quantitative estimate of drug-likeness (QED) is 0.420. The zero-order valence-electron chi connectivity index (χ0n) is 19.3. The van der Waals surface area contributed by atoms with Gasteiger partial charge in [-0.3, -0.25) is 9.59 Å². The van der Waals surface area contributed by atoms with Crippen molar-refractivity contribution in [3.63, 3.8) is 0 Å². The van der Waals surface area contributed by atoms with Crippen LogP contribution in [0.3, 0.4) is 0 Å². The molecule has 9 nitrogen and oxygen atoms in total. The van der Waals surface area contributed by atoms with Crippen molar-refractivity contribution in [2.75, 3.05) is 19.5 Å². The number of carbonyl (C=O) groups excluding carboxylic acids is 1. The molecule has 0 saturated carbocycles. The van der Waals surface area contributed by atoms with E-state index in [-0.39, 0.29) is 22.5 Å². The Bertz CT molecular complexity index is 1580. The molecule has 0 aliphatic heterocycles. The fourth-order valence-electron chi connectivity index (χ4n) is 3.58. The normalized spacial score (nSPS) is 11.3. The molecule has 4 aromatic rings. The average molecular weight is 494 g/mol. The van der Waals surface area contributed by atoms with Crippen LogP contribution in [0.2, 0.25) is 0 Å². The number of ether oxygens (including phenoxy) is 2. The first-order chi connectivity index (χ1) is 16.7. The van der Waals surface area contributed by atoms with Crippen molar-refractivity contribution in [2.45, 2.75) is 23.3 Å². The van der Waals surface area contributed by atoms with Gasteiger partial charge < -0.3 is 19.4 Å². The molecule has 35 heavy (non-hydrogen) atoms. The summed E-state index contributed by atoms with van der Waals surface area (Å²) in [6, 6.07) is 15.7. The van der Waals surface area contributed by atoms with Crippen molar-refractivity contribution in [3.05, 3.63) is 82.8 Å². The Morgan fingerprint density at radius 1 is 1.00 bits per heavy atom. The van der Waals surface area contributed by atoms with Crippen molar-refractivity contribution in [1.29, 1.82) is 0 Å². The van der Waals surface area contributed by atoms with E-state index in [2.05, 4.69) is 10.3 Å². The summed E-state index contributed by atoms with van der Waals surface area (Å²) in [4.78, 5) is 29.9. The van der Waals surface area contributed by atoms with Crippen LogP contribution in [0.5, 0.6) is 11.5 Å². The van der Waals surface area contributed by atoms with Gasteiger partial charge in [0.15, 0.2) is 0 Å². The van der Waals surface area contributed by atoms with Gasteiger partial charge in [0.1, 0.15) is 28.6 Å². The zero-order chi connectivity index (χ0) is 25.2. The van der Waals surface area contributed by atoms with Gasteiger partial charge in [-0.1, -0.05) is 6.07 Å². The average Bonchev–Trinajstić information content (AvgIpc) is 2.85. The van der Waals surface area contributed by atoms with E-state index >= 15 is 0 Å². The number of carbonyl (C=O) groups is 1. The van der Waals surface area contributed by atoms with Crippen LogP contribution < -0.4 is 20.2 Å². The molecule has 0 fully saturated rings. The number of amides is 1. The Morgan fingerprint density at radius 2 is 1.71 bits per heavy atom. The van der Waals surface area contributed by atoms with Gasteiger partial charge in [-0.15, -0.1) is 0 Å².